The number of hydrogen-bond donors (Lipinski definition) is 1. The summed E-state index contributed by atoms with van der Waals surface area (Å²) >= 11 is 6.00. The lowest BCUT2D eigenvalue weighted by Gasteiger charge is -2.23. The summed E-state index contributed by atoms with van der Waals surface area (Å²) in [6.45, 7) is 7.79. The van der Waals surface area contributed by atoms with Gasteiger partial charge in [-0.05, 0) is 68.7 Å². The van der Waals surface area contributed by atoms with Crippen molar-refractivity contribution in [1.82, 2.24) is 9.29 Å². The number of aromatic nitrogens is 1. The Balaban J connectivity index is 2.02. The van der Waals surface area contributed by atoms with E-state index in [4.69, 9.17) is 16.3 Å². The summed E-state index contributed by atoms with van der Waals surface area (Å²) in [6, 6.07) is 13.9. The van der Waals surface area contributed by atoms with Gasteiger partial charge in [0.2, 0.25) is 10.0 Å². The molecule has 0 amide bonds. The highest BCUT2D eigenvalue weighted by Crippen LogP contribution is 2.26. The third-order valence-corrected chi connectivity index (χ3v) is 7.40. The van der Waals surface area contributed by atoms with Crippen LogP contribution in [0.3, 0.4) is 0 Å². The fraction of sp³-hybridized carbons (Fsp3) is 0.292. The number of hydrogen-bond acceptors (Lipinski definition) is 4. The largest absolute Gasteiger partial charge is 0.461 e. The minimum absolute atomic E-state index is 0.104. The molecular weight excluding hydrogens is 448 g/mol. The summed E-state index contributed by atoms with van der Waals surface area (Å²) in [5, 5.41) is 0.582. The van der Waals surface area contributed by atoms with Gasteiger partial charge in [0, 0.05) is 23.8 Å². The SMILES string of the molecule is CCOC(=O)c1[nH]c(C)c(CN(Cc2ccc(Cl)cc2)S(=O)(=O)c2ccc(C)cc2)c1C. The van der Waals surface area contributed by atoms with Crippen LogP contribution in [0.2, 0.25) is 5.02 Å². The van der Waals surface area contributed by atoms with Crippen LogP contribution in [0, 0.1) is 20.8 Å². The molecule has 6 nitrogen and oxygen atoms in total. The minimum atomic E-state index is -3.81. The summed E-state index contributed by atoms with van der Waals surface area (Å²) in [5.74, 6) is -0.454. The summed E-state index contributed by atoms with van der Waals surface area (Å²) < 4.78 is 33.7. The average molecular weight is 475 g/mol. The van der Waals surface area contributed by atoms with Gasteiger partial charge < -0.3 is 9.72 Å². The number of H-pyrrole nitrogens is 1. The number of sulfonamides is 1. The first-order valence-electron chi connectivity index (χ1n) is 10.3. The molecule has 0 saturated carbocycles. The lowest BCUT2D eigenvalue weighted by atomic mass is 10.1. The normalized spacial score (nSPS) is 11.7. The Morgan fingerprint density at radius 1 is 1.00 bits per heavy atom. The van der Waals surface area contributed by atoms with Crippen molar-refractivity contribution < 1.29 is 17.9 Å². The van der Waals surface area contributed by atoms with Crippen molar-refractivity contribution in [3.63, 3.8) is 0 Å². The van der Waals surface area contributed by atoms with Gasteiger partial charge >= 0.3 is 5.97 Å². The van der Waals surface area contributed by atoms with Gasteiger partial charge in [-0.25, -0.2) is 13.2 Å². The van der Waals surface area contributed by atoms with Crippen molar-refractivity contribution in [1.29, 1.82) is 0 Å². The standard InChI is InChI=1S/C24H27ClN2O4S/c1-5-31-24(28)23-17(3)22(18(4)26-23)15-27(14-19-8-10-20(25)11-9-19)32(29,30)21-12-6-16(2)7-13-21/h6-13,26H,5,14-15H2,1-4H3. The van der Waals surface area contributed by atoms with Gasteiger partial charge in [-0.15, -0.1) is 0 Å². The lowest BCUT2D eigenvalue weighted by molar-refractivity contribution is 0.0519. The number of aryl methyl sites for hydroxylation is 2. The second-order valence-corrected chi connectivity index (χ2v) is 10.0. The van der Waals surface area contributed by atoms with Gasteiger partial charge in [-0.1, -0.05) is 41.4 Å². The Morgan fingerprint density at radius 2 is 1.62 bits per heavy atom. The zero-order valence-electron chi connectivity index (χ0n) is 18.6. The number of carbonyl (C=O) groups excluding carboxylic acids is 1. The van der Waals surface area contributed by atoms with Gasteiger partial charge in [-0.2, -0.15) is 4.31 Å². The van der Waals surface area contributed by atoms with Crippen LogP contribution >= 0.6 is 11.6 Å². The number of nitrogens with zero attached hydrogens (tertiary/aromatic N) is 1. The second kappa shape index (κ2) is 9.90. The maximum absolute atomic E-state index is 13.6. The second-order valence-electron chi connectivity index (χ2n) is 7.66. The van der Waals surface area contributed by atoms with E-state index in [1.165, 1.54) is 4.31 Å². The molecule has 0 bridgehead atoms. The van der Waals surface area contributed by atoms with E-state index in [0.717, 1.165) is 22.4 Å². The van der Waals surface area contributed by atoms with E-state index in [0.29, 0.717) is 16.3 Å². The molecule has 170 valence electrons. The average Bonchev–Trinajstić information content (AvgIpc) is 3.03. The van der Waals surface area contributed by atoms with E-state index in [9.17, 15) is 13.2 Å². The van der Waals surface area contributed by atoms with Gasteiger partial charge in [0.05, 0.1) is 11.5 Å². The van der Waals surface area contributed by atoms with Crippen LogP contribution in [-0.4, -0.2) is 30.3 Å². The van der Waals surface area contributed by atoms with Crippen LogP contribution in [-0.2, 0) is 27.8 Å². The van der Waals surface area contributed by atoms with Crippen molar-refractivity contribution in [2.75, 3.05) is 6.61 Å². The Kier molecular flexibility index (Phi) is 7.44. The Morgan fingerprint density at radius 3 is 2.22 bits per heavy atom. The van der Waals surface area contributed by atoms with Crippen LogP contribution in [0.1, 0.15) is 45.4 Å². The fourth-order valence-electron chi connectivity index (χ4n) is 3.49. The minimum Gasteiger partial charge on any atom is -0.461 e. The molecular formula is C24H27ClN2O4S. The zero-order chi connectivity index (χ0) is 23.5. The summed E-state index contributed by atoms with van der Waals surface area (Å²) in [6.07, 6.45) is 0. The molecule has 1 heterocycles. The van der Waals surface area contributed by atoms with Crippen molar-refractivity contribution in [2.45, 2.75) is 45.7 Å². The molecule has 0 spiro atoms. The number of nitrogens with one attached hydrogen (secondary N) is 1. The summed E-state index contributed by atoms with van der Waals surface area (Å²) in [7, 11) is -3.81. The van der Waals surface area contributed by atoms with E-state index in [1.54, 1.807) is 62.4 Å². The predicted octanol–water partition coefficient (Wildman–Crippen LogP) is 5.16. The first-order valence-corrected chi connectivity index (χ1v) is 12.1. The van der Waals surface area contributed by atoms with Crippen LogP contribution < -0.4 is 0 Å². The van der Waals surface area contributed by atoms with E-state index < -0.39 is 16.0 Å². The van der Waals surface area contributed by atoms with E-state index >= 15 is 0 Å². The molecule has 32 heavy (non-hydrogen) atoms. The van der Waals surface area contributed by atoms with Crippen LogP contribution in [0.15, 0.2) is 53.4 Å². The highest BCUT2D eigenvalue weighted by molar-refractivity contribution is 7.89. The molecule has 0 fully saturated rings. The molecule has 3 aromatic rings. The van der Waals surface area contributed by atoms with Gasteiger partial charge in [0.25, 0.3) is 0 Å². The third kappa shape index (κ3) is 5.23. The topological polar surface area (TPSA) is 79.5 Å². The highest BCUT2D eigenvalue weighted by atomic mass is 35.5. The Bertz CT molecular complexity index is 1200. The van der Waals surface area contributed by atoms with Crippen molar-refractivity contribution in [3.05, 3.63) is 87.2 Å². The zero-order valence-corrected chi connectivity index (χ0v) is 20.2. The summed E-state index contributed by atoms with van der Waals surface area (Å²) in [4.78, 5) is 15.6. The van der Waals surface area contributed by atoms with Gasteiger partial charge in [-0.3, -0.25) is 0 Å². The van der Waals surface area contributed by atoms with Crippen LogP contribution in [0.5, 0.6) is 0 Å². The molecule has 8 heteroatoms. The molecule has 0 aliphatic carbocycles. The smallest absolute Gasteiger partial charge is 0.355 e. The molecule has 1 aromatic heterocycles. The number of rotatable bonds is 8. The number of halogens is 1. The van der Waals surface area contributed by atoms with Gasteiger partial charge in [0.15, 0.2) is 0 Å². The predicted molar refractivity (Wildman–Crippen MR) is 125 cm³/mol. The molecule has 2 aromatic carbocycles. The maximum Gasteiger partial charge on any atom is 0.355 e. The molecule has 0 aliphatic heterocycles. The monoisotopic (exact) mass is 474 g/mol. The molecule has 0 radical (unpaired) electrons. The van der Waals surface area contributed by atoms with Crippen molar-refractivity contribution in [2.24, 2.45) is 0 Å². The fourth-order valence-corrected chi connectivity index (χ4v) is 5.01. The molecule has 1 N–H and O–H groups in total. The Labute approximate surface area is 194 Å². The lowest BCUT2D eigenvalue weighted by Crippen LogP contribution is -2.30. The number of esters is 1. The van der Waals surface area contributed by atoms with E-state index in [-0.39, 0.29) is 24.6 Å². The number of aromatic amines is 1. The van der Waals surface area contributed by atoms with E-state index in [2.05, 4.69) is 4.98 Å². The van der Waals surface area contributed by atoms with Crippen LogP contribution in [0.25, 0.3) is 0 Å². The number of carbonyl (C=O) groups is 1. The summed E-state index contributed by atoms with van der Waals surface area (Å²) in [5.41, 5.74) is 4.29. The van der Waals surface area contributed by atoms with Crippen molar-refractivity contribution in [3.8, 4) is 0 Å². The molecule has 0 aliphatic rings. The first kappa shape index (κ1) is 24.0. The van der Waals surface area contributed by atoms with Crippen molar-refractivity contribution >= 4 is 27.6 Å². The third-order valence-electron chi connectivity index (χ3n) is 5.34. The number of ether oxygens (including phenoxy) is 1. The quantitative estimate of drug-likeness (QED) is 0.457. The highest BCUT2D eigenvalue weighted by Gasteiger charge is 2.28. The first-order chi connectivity index (χ1) is 15.1. The molecule has 0 unspecified atom stereocenters. The van der Waals surface area contributed by atoms with Crippen LogP contribution in [0.4, 0.5) is 0 Å². The Hall–Kier alpha value is -2.61. The molecule has 0 atom stereocenters. The van der Waals surface area contributed by atoms with Gasteiger partial charge in [0.1, 0.15) is 5.69 Å². The molecule has 0 saturated heterocycles. The maximum atomic E-state index is 13.6. The molecule has 3 rings (SSSR count). The number of benzene rings is 2. The van der Waals surface area contributed by atoms with E-state index in [1.807, 2.05) is 13.8 Å².